The first kappa shape index (κ1) is 20.9. The molecule has 2 N–H and O–H groups in total. The lowest BCUT2D eigenvalue weighted by molar-refractivity contribution is -0.383. The monoisotopic (exact) mass is 421 g/mol. The van der Waals surface area contributed by atoms with Crippen molar-refractivity contribution in [2.24, 2.45) is 0 Å². The number of thiocarbonyl (C=S) groups is 1. The number of nitro groups is 1. The normalized spacial score (nSPS) is 10.1. The molecule has 0 aliphatic carbocycles. The van der Waals surface area contributed by atoms with Crippen LogP contribution in [-0.2, 0) is 6.42 Å². The standard InChI is InChI=1S/C22H19N3O4S/c26-21(24-22(30)23-19-8-4-5-9-20(19)25(27)28)17-10-12-18(13-11-17)29-15-14-16-6-2-1-3-7-16/h1-13H,14-15H2,(H2,23,24,26,30). The van der Waals surface area contributed by atoms with Gasteiger partial charge in [0.15, 0.2) is 5.11 Å². The first-order valence-electron chi connectivity index (χ1n) is 9.15. The smallest absolute Gasteiger partial charge is 0.292 e. The second-order valence-electron chi connectivity index (χ2n) is 6.29. The SMILES string of the molecule is O=C(NC(=S)Nc1ccccc1[N+](=O)[O-])c1ccc(OCCc2ccccc2)cc1. The molecular formula is C22H19N3O4S. The van der Waals surface area contributed by atoms with Crippen LogP contribution < -0.4 is 15.4 Å². The Balaban J connectivity index is 1.52. The Morgan fingerprint density at radius 3 is 2.33 bits per heavy atom. The Morgan fingerprint density at radius 1 is 0.967 bits per heavy atom. The Morgan fingerprint density at radius 2 is 1.63 bits per heavy atom. The Bertz CT molecular complexity index is 1040. The van der Waals surface area contributed by atoms with E-state index in [1.807, 2.05) is 30.3 Å². The zero-order valence-electron chi connectivity index (χ0n) is 15.9. The van der Waals surface area contributed by atoms with Gasteiger partial charge in [0.2, 0.25) is 0 Å². The van der Waals surface area contributed by atoms with Crippen LogP contribution in [-0.4, -0.2) is 22.5 Å². The van der Waals surface area contributed by atoms with E-state index in [4.69, 9.17) is 17.0 Å². The lowest BCUT2D eigenvalue weighted by atomic mass is 10.2. The molecule has 3 aromatic rings. The fourth-order valence-corrected chi connectivity index (χ4v) is 2.90. The maximum Gasteiger partial charge on any atom is 0.292 e. The van der Waals surface area contributed by atoms with Gasteiger partial charge in [-0.25, -0.2) is 0 Å². The minimum absolute atomic E-state index is 0.0301. The van der Waals surface area contributed by atoms with Gasteiger partial charge in [-0.3, -0.25) is 20.2 Å². The third-order valence-corrected chi connectivity index (χ3v) is 4.40. The number of hydrogen-bond donors (Lipinski definition) is 2. The summed E-state index contributed by atoms with van der Waals surface area (Å²) in [6.45, 7) is 0.527. The molecule has 0 saturated heterocycles. The van der Waals surface area contributed by atoms with Gasteiger partial charge in [-0.15, -0.1) is 0 Å². The molecule has 0 aliphatic rings. The topological polar surface area (TPSA) is 93.5 Å². The molecule has 0 unspecified atom stereocenters. The lowest BCUT2D eigenvalue weighted by Gasteiger charge is -2.10. The molecule has 0 aliphatic heterocycles. The summed E-state index contributed by atoms with van der Waals surface area (Å²) in [6, 6.07) is 22.7. The highest BCUT2D eigenvalue weighted by atomic mass is 32.1. The number of para-hydroxylation sites is 2. The summed E-state index contributed by atoms with van der Waals surface area (Å²) in [4.78, 5) is 22.9. The van der Waals surface area contributed by atoms with E-state index in [1.54, 1.807) is 36.4 Å². The van der Waals surface area contributed by atoms with E-state index in [0.717, 1.165) is 6.42 Å². The quantitative estimate of drug-likeness (QED) is 0.335. The van der Waals surface area contributed by atoms with E-state index < -0.39 is 10.8 Å². The van der Waals surface area contributed by atoms with E-state index in [2.05, 4.69) is 10.6 Å². The zero-order valence-corrected chi connectivity index (χ0v) is 16.7. The van der Waals surface area contributed by atoms with Crippen LogP contribution in [0, 0.1) is 10.1 Å². The second kappa shape index (κ2) is 10.1. The van der Waals surface area contributed by atoms with E-state index in [1.165, 1.54) is 17.7 Å². The van der Waals surface area contributed by atoms with Crippen LogP contribution in [0.5, 0.6) is 5.75 Å². The summed E-state index contributed by atoms with van der Waals surface area (Å²) in [5.74, 6) is 0.227. The average Bonchev–Trinajstić information content (AvgIpc) is 2.75. The van der Waals surface area contributed by atoms with Crippen LogP contribution in [0.1, 0.15) is 15.9 Å². The van der Waals surface area contributed by atoms with Crippen molar-refractivity contribution in [2.75, 3.05) is 11.9 Å². The molecule has 0 radical (unpaired) electrons. The summed E-state index contributed by atoms with van der Waals surface area (Å²) in [5, 5.41) is 16.2. The van der Waals surface area contributed by atoms with Crippen LogP contribution in [0.3, 0.4) is 0 Å². The van der Waals surface area contributed by atoms with E-state index in [-0.39, 0.29) is 16.5 Å². The van der Waals surface area contributed by atoms with Crippen LogP contribution in [0.2, 0.25) is 0 Å². The number of anilines is 1. The number of amides is 1. The largest absolute Gasteiger partial charge is 0.493 e. The maximum atomic E-state index is 12.4. The van der Waals surface area contributed by atoms with Gasteiger partial charge >= 0.3 is 0 Å². The van der Waals surface area contributed by atoms with Gasteiger partial charge in [-0.1, -0.05) is 42.5 Å². The van der Waals surface area contributed by atoms with Gasteiger partial charge in [0.05, 0.1) is 11.5 Å². The van der Waals surface area contributed by atoms with Gasteiger partial charge in [0.25, 0.3) is 11.6 Å². The van der Waals surface area contributed by atoms with Gasteiger partial charge in [-0.05, 0) is 48.1 Å². The van der Waals surface area contributed by atoms with Crippen molar-refractivity contribution in [1.29, 1.82) is 0 Å². The van der Waals surface area contributed by atoms with Crippen molar-refractivity contribution in [3.05, 3.63) is 100 Å². The average molecular weight is 421 g/mol. The van der Waals surface area contributed by atoms with E-state index in [0.29, 0.717) is 17.9 Å². The summed E-state index contributed by atoms with van der Waals surface area (Å²) >= 11 is 5.10. The summed E-state index contributed by atoms with van der Waals surface area (Å²) in [6.07, 6.45) is 0.786. The number of nitrogens with one attached hydrogen (secondary N) is 2. The highest BCUT2D eigenvalue weighted by Gasteiger charge is 2.15. The fourth-order valence-electron chi connectivity index (χ4n) is 2.70. The molecule has 0 saturated carbocycles. The van der Waals surface area contributed by atoms with Crippen molar-refractivity contribution < 1.29 is 14.5 Å². The Hall–Kier alpha value is -3.78. The predicted molar refractivity (Wildman–Crippen MR) is 119 cm³/mol. The minimum atomic E-state index is -0.525. The fraction of sp³-hybridized carbons (Fsp3) is 0.0909. The second-order valence-corrected chi connectivity index (χ2v) is 6.70. The van der Waals surface area contributed by atoms with Crippen LogP contribution >= 0.6 is 12.2 Å². The molecule has 152 valence electrons. The molecule has 0 fully saturated rings. The Kier molecular flexibility index (Phi) is 7.07. The molecule has 0 spiro atoms. The van der Waals surface area contributed by atoms with E-state index >= 15 is 0 Å². The number of nitro benzene ring substituents is 1. The maximum absolute atomic E-state index is 12.4. The number of carbonyl (C=O) groups excluding carboxylic acids is 1. The van der Waals surface area contributed by atoms with Crippen molar-refractivity contribution in [3.8, 4) is 5.75 Å². The number of carbonyl (C=O) groups is 1. The van der Waals surface area contributed by atoms with Crippen molar-refractivity contribution in [2.45, 2.75) is 6.42 Å². The highest BCUT2D eigenvalue weighted by molar-refractivity contribution is 7.80. The van der Waals surface area contributed by atoms with Crippen LogP contribution in [0.4, 0.5) is 11.4 Å². The first-order chi connectivity index (χ1) is 14.5. The van der Waals surface area contributed by atoms with Crippen molar-refractivity contribution >= 4 is 34.6 Å². The summed E-state index contributed by atoms with van der Waals surface area (Å²) < 4.78 is 5.71. The summed E-state index contributed by atoms with van der Waals surface area (Å²) in [7, 11) is 0. The third kappa shape index (κ3) is 5.86. The number of nitrogens with zero attached hydrogens (tertiary/aromatic N) is 1. The molecule has 3 aromatic carbocycles. The predicted octanol–water partition coefficient (Wildman–Crippen LogP) is 4.34. The van der Waals surface area contributed by atoms with Gasteiger partial charge in [0.1, 0.15) is 11.4 Å². The first-order valence-corrected chi connectivity index (χ1v) is 9.56. The number of hydrogen-bond acceptors (Lipinski definition) is 5. The number of ether oxygens (including phenoxy) is 1. The van der Waals surface area contributed by atoms with Crippen molar-refractivity contribution in [3.63, 3.8) is 0 Å². The van der Waals surface area contributed by atoms with Crippen LogP contribution in [0.15, 0.2) is 78.9 Å². The summed E-state index contributed by atoms with van der Waals surface area (Å²) in [5.41, 5.74) is 1.64. The zero-order chi connectivity index (χ0) is 21.3. The molecule has 8 heteroatoms. The lowest BCUT2D eigenvalue weighted by Crippen LogP contribution is -2.34. The van der Waals surface area contributed by atoms with E-state index in [9.17, 15) is 14.9 Å². The number of benzene rings is 3. The van der Waals surface area contributed by atoms with Crippen LogP contribution in [0.25, 0.3) is 0 Å². The van der Waals surface area contributed by atoms with Gasteiger partial charge in [0, 0.05) is 18.1 Å². The van der Waals surface area contributed by atoms with Crippen molar-refractivity contribution in [1.82, 2.24) is 5.32 Å². The molecule has 0 bridgehead atoms. The molecule has 7 nitrogen and oxygen atoms in total. The molecule has 3 rings (SSSR count). The molecule has 0 atom stereocenters. The molecule has 1 amide bonds. The molecular weight excluding hydrogens is 402 g/mol. The molecule has 0 aromatic heterocycles. The number of rotatable bonds is 7. The molecule has 0 heterocycles. The minimum Gasteiger partial charge on any atom is -0.493 e. The van der Waals surface area contributed by atoms with Gasteiger partial charge < -0.3 is 10.1 Å². The molecule has 30 heavy (non-hydrogen) atoms. The third-order valence-electron chi connectivity index (χ3n) is 4.19. The van der Waals surface area contributed by atoms with Gasteiger partial charge in [-0.2, -0.15) is 0 Å². The highest BCUT2D eigenvalue weighted by Crippen LogP contribution is 2.23. The Labute approximate surface area is 178 Å².